The quantitative estimate of drug-likeness (QED) is 0.319. The molecule has 4 rings (SSSR count). The van der Waals surface area contributed by atoms with Gasteiger partial charge in [-0.3, -0.25) is 9.79 Å². The molecule has 9 heteroatoms. The fraction of sp³-hybridized carbons (Fsp3) is 0.286. The normalized spacial score (nSPS) is 17.4. The number of rotatable bonds is 7. The van der Waals surface area contributed by atoms with Crippen molar-refractivity contribution < 1.29 is 31.5 Å². The van der Waals surface area contributed by atoms with E-state index in [4.69, 9.17) is 0 Å². The maximum absolute atomic E-state index is 14.5. The van der Waals surface area contributed by atoms with Crippen LogP contribution in [0.4, 0.5) is 22.0 Å². The number of carbonyl (C=O) groups is 1. The molecule has 3 aromatic rings. The molecule has 0 N–H and O–H groups in total. The molecule has 1 unspecified atom stereocenters. The van der Waals surface area contributed by atoms with Crippen LogP contribution in [-0.4, -0.2) is 36.0 Å². The molecule has 2 atom stereocenters. The fourth-order valence-corrected chi connectivity index (χ4v) is 4.59. The first-order valence-corrected chi connectivity index (χ1v) is 11.9. The molecule has 0 saturated carbocycles. The molecule has 37 heavy (non-hydrogen) atoms. The van der Waals surface area contributed by atoms with Crippen molar-refractivity contribution in [1.29, 1.82) is 0 Å². The molecular weight excluding hydrogens is 491 g/mol. The molecule has 1 aliphatic rings. The number of benzene rings is 3. The maximum atomic E-state index is 14.5. The van der Waals surface area contributed by atoms with E-state index in [0.29, 0.717) is 24.2 Å². The van der Waals surface area contributed by atoms with Gasteiger partial charge in [0.15, 0.2) is 0 Å². The van der Waals surface area contributed by atoms with Gasteiger partial charge in [-0.25, -0.2) is 8.78 Å². The molecule has 4 nitrogen and oxygen atoms in total. The first-order valence-electron chi connectivity index (χ1n) is 11.9. The van der Waals surface area contributed by atoms with Gasteiger partial charge in [0.2, 0.25) is 5.91 Å². The van der Waals surface area contributed by atoms with E-state index in [1.54, 1.807) is 29.2 Å². The Labute approximate surface area is 211 Å². The Hall–Kier alpha value is -3.75. The minimum atomic E-state index is -4.77. The first kappa shape index (κ1) is 26.3. The summed E-state index contributed by atoms with van der Waals surface area (Å²) in [5, 5.41) is 0. The third kappa shape index (κ3) is 5.81. The summed E-state index contributed by atoms with van der Waals surface area (Å²) in [4.78, 5) is 19.6. The summed E-state index contributed by atoms with van der Waals surface area (Å²) in [5.41, 5.74) is 2.07. The maximum Gasteiger partial charge on any atom is 0.573 e. The zero-order valence-electron chi connectivity index (χ0n) is 20.2. The second-order valence-electron chi connectivity index (χ2n) is 8.63. The third-order valence-electron chi connectivity index (χ3n) is 6.41. The van der Waals surface area contributed by atoms with Crippen molar-refractivity contribution >= 4 is 11.6 Å². The van der Waals surface area contributed by atoms with Crippen LogP contribution in [0.5, 0.6) is 5.75 Å². The van der Waals surface area contributed by atoms with Crippen LogP contribution in [0.1, 0.15) is 37.4 Å². The molecular formula is C28H25F5N2O2. The van der Waals surface area contributed by atoms with Crippen LogP contribution in [0.2, 0.25) is 0 Å². The van der Waals surface area contributed by atoms with Gasteiger partial charge in [-0.2, -0.15) is 0 Å². The van der Waals surface area contributed by atoms with Crippen LogP contribution in [-0.2, 0) is 4.79 Å². The van der Waals surface area contributed by atoms with E-state index >= 15 is 0 Å². The number of ether oxygens (including phenoxy) is 1. The van der Waals surface area contributed by atoms with Crippen LogP contribution in [0.25, 0.3) is 11.1 Å². The SMILES string of the molecule is CCN(CC)C(=O)[C@H]1CC(c2c(F)cccc2F)=NC1c1ccc(-c2ccc(OC(F)(F)F)cc2)cc1. The number of hydrogen-bond acceptors (Lipinski definition) is 3. The zero-order chi connectivity index (χ0) is 26.7. The molecule has 0 aliphatic carbocycles. The minimum Gasteiger partial charge on any atom is -0.406 e. The lowest BCUT2D eigenvalue weighted by Gasteiger charge is -2.26. The predicted octanol–water partition coefficient (Wildman–Crippen LogP) is 6.95. The van der Waals surface area contributed by atoms with Crippen molar-refractivity contribution in [2.45, 2.75) is 32.7 Å². The van der Waals surface area contributed by atoms with Gasteiger partial charge in [0.25, 0.3) is 0 Å². The van der Waals surface area contributed by atoms with E-state index < -0.39 is 30.0 Å². The van der Waals surface area contributed by atoms with Gasteiger partial charge in [-0.05, 0) is 54.8 Å². The Balaban J connectivity index is 1.65. The molecule has 1 heterocycles. The van der Waals surface area contributed by atoms with Gasteiger partial charge >= 0.3 is 6.36 Å². The Morgan fingerprint density at radius 1 is 0.919 bits per heavy atom. The molecule has 3 aromatic carbocycles. The monoisotopic (exact) mass is 516 g/mol. The van der Waals surface area contributed by atoms with Gasteiger partial charge in [-0.1, -0.05) is 42.5 Å². The van der Waals surface area contributed by atoms with Crippen LogP contribution in [0, 0.1) is 17.6 Å². The molecule has 0 aromatic heterocycles. The second-order valence-corrected chi connectivity index (χ2v) is 8.63. The predicted molar refractivity (Wildman–Crippen MR) is 130 cm³/mol. The number of carbonyl (C=O) groups excluding carboxylic acids is 1. The lowest BCUT2D eigenvalue weighted by atomic mass is 9.89. The molecule has 0 bridgehead atoms. The highest BCUT2D eigenvalue weighted by Crippen LogP contribution is 2.39. The number of hydrogen-bond donors (Lipinski definition) is 0. The van der Waals surface area contributed by atoms with Crippen LogP contribution >= 0.6 is 0 Å². The van der Waals surface area contributed by atoms with Gasteiger partial charge in [0, 0.05) is 25.2 Å². The average Bonchev–Trinajstić information content (AvgIpc) is 3.29. The van der Waals surface area contributed by atoms with Crippen LogP contribution in [0.15, 0.2) is 71.7 Å². The number of aliphatic imine (C=N–C) groups is 1. The summed E-state index contributed by atoms with van der Waals surface area (Å²) in [6.07, 6.45) is -4.67. The Kier molecular flexibility index (Phi) is 7.61. The van der Waals surface area contributed by atoms with E-state index in [9.17, 15) is 26.7 Å². The number of amides is 1. The van der Waals surface area contributed by atoms with Crippen molar-refractivity contribution in [3.63, 3.8) is 0 Å². The smallest absolute Gasteiger partial charge is 0.406 e. The summed E-state index contributed by atoms with van der Waals surface area (Å²) in [5.74, 6) is -2.56. The number of alkyl halides is 3. The Morgan fingerprint density at radius 3 is 1.97 bits per heavy atom. The third-order valence-corrected chi connectivity index (χ3v) is 6.41. The van der Waals surface area contributed by atoms with Gasteiger partial charge in [-0.15, -0.1) is 13.2 Å². The topological polar surface area (TPSA) is 41.9 Å². The summed E-state index contributed by atoms with van der Waals surface area (Å²) in [6, 6.07) is 15.5. The summed E-state index contributed by atoms with van der Waals surface area (Å²) in [6.45, 7) is 4.72. The van der Waals surface area contributed by atoms with E-state index in [1.807, 2.05) is 13.8 Å². The zero-order valence-corrected chi connectivity index (χ0v) is 20.2. The lowest BCUT2D eigenvalue weighted by Crippen LogP contribution is -2.37. The van der Waals surface area contributed by atoms with E-state index in [2.05, 4.69) is 9.73 Å². The molecule has 194 valence electrons. The summed E-state index contributed by atoms with van der Waals surface area (Å²) < 4.78 is 70.2. The standard InChI is InChI=1S/C28H25F5N2O2/c1-3-35(4-2)27(36)21-16-24(25-22(29)6-5-7-23(25)30)34-26(21)19-10-8-17(9-11-19)18-12-14-20(15-13-18)37-28(31,32)33/h5-15,21,26H,3-4,16H2,1-2H3/t21-,26?/m0/s1. The Morgan fingerprint density at radius 2 is 1.46 bits per heavy atom. The van der Waals surface area contributed by atoms with Gasteiger partial charge in [0.1, 0.15) is 17.4 Å². The van der Waals surface area contributed by atoms with E-state index in [-0.39, 0.29) is 29.4 Å². The van der Waals surface area contributed by atoms with Crippen molar-refractivity contribution in [1.82, 2.24) is 4.90 Å². The summed E-state index contributed by atoms with van der Waals surface area (Å²) in [7, 11) is 0. The molecule has 1 aliphatic heterocycles. The fourth-order valence-electron chi connectivity index (χ4n) is 4.59. The largest absolute Gasteiger partial charge is 0.573 e. The molecule has 0 spiro atoms. The average molecular weight is 517 g/mol. The van der Waals surface area contributed by atoms with Crippen LogP contribution in [0.3, 0.4) is 0 Å². The van der Waals surface area contributed by atoms with Crippen molar-refractivity contribution in [2.24, 2.45) is 10.9 Å². The van der Waals surface area contributed by atoms with Gasteiger partial charge < -0.3 is 9.64 Å². The van der Waals surface area contributed by atoms with E-state index in [1.165, 1.54) is 30.3 Å². The van der Waals surface area contributed by atoms with Crippen LogP contribution < -0.4 is 4.74 Å². The highest BCUT2D eigenvalue weighted by atomic mass is 19.4. The van der Waals surface area contributed by atoms with Crippen molar-refractivity contribution in [2.75, 3.05) is 13.1 Å². The first-order chi connectivity index (χ1) is 17.6. The highest BCUT2D eigenvalue weighted by Gasteiger charge is 2.39. The number of nitrogens with zero attached hydrogens (tertiary/aromatic N) is 2. The molecule has 0 fully saturated rings. The highest BCUT2D eigenvalue weighted by molar-refractivity contribution is 6.05. The second kappa shape index (κ2) is 10.7. The lowest BCUT2D eigenvalue weighted by molar-refractivity contribution is -0.274. The van der Waals surface area contributed by atoms with Crippen molar-refractivity contribution in [3.8, 4) is 16.9 Å². The molecule has 0 radical (unpaired) electrons. The molecule has 0 saturated heterocycles. The Bertz CT molecular complexity index is 1260. The van der Waals surface area contributed by atoms with E-state index in [0.717, 1.165) is 17.7 Å². The summed E-state index contributed by atoms with van der Waals surface area (Å²) >= 11 is 0. The molecule has 1 amide bonds. The van der Waals surface area contributed by atoms with Crippen molar-refractivity contribution in [3.05, 3.63) is 89.5 Å². The number of halogens is 5. The minimum absolute atomic E-state index is 0.0975. The van der Waals surface area contributed by atoms with Gasteiger partial charge in [0.05, 0.1) is 17.5 Å².